The predicted molar refractivity (Wildman–Crippen MR) is 104 cm³/mol. The van der Waals surface area contributed by atoms with E-state index in [0.717, 1.165) is 36.6 Å². The Morgan fingerprint density at radius 3 is 2.55 bits per heavy atom. The molecule has 2 aliphatic rings. The van der Waals surface area contributed by atoms with Crippen molar-refractivity contribution >= 4 is 5.91 Å². The molecular weight excluding hydrogens is 368 g/mol. The van der Waals surface area contributed by atoms with Crippen LogP contribution in [0.5, 0.6) is 0 Å². The van der Waals surface area contributed by atoms with Crippen LogP contribution in [0.25, 0.3) is 11.5 Å². The van der Waals surface area contributed by atoms with Gasteiger partial charge in [-0.25, -0.2) is 9.97 Å². The molecule has 5 rings (SSSR count). The Kier molecular flexibility index (Phi) is 4.54. The van der Waals surface area contributed by atoms with Gasteiger partial charge in [0.1, 0.15) is 12.0 Å². The fraction of sp³-hybridized carbons (Fsp3) is 0.429. The highest BCUT2D eigenvalue weighted by molar-refractivity contribution is 5.92. The second-order valence-corrected chi connectivity index (χ2v) is 7.97. The number of carbonyl (C=O) groups is 1. The van der Waals surface area contributed by atoms with Gasteiger partial charge >= 0.3 is 0 Å². The molecule has 8 nitrogen and oxygen atoms in total. The summed E-state index contributed by atoms with van der Waals surface area (Å²) < 4.78 is 5.59. The first kappa shape index (κ1) is 17.9. The van der Waals surface area contributed by atoms with E-state index in [2.05, 4.69) is 20.1 Å². The minimum absolute atomic E-state index is 0.0435. The first-order valence-electron chi connectivity index (χ1n) is 10.0. The molecule has 29 heavy (non-hydrogen) atoms. The molecule has 4 heterocycles. The molecule has 3 aromatic heterocycles. The number of piperidine rings is 1. The molecular formula is C21H22N6O2. The monoisotopic (exact) mass is 390 g/mol. The highest BCUT2D eigenvalue weighted by Crippen LogP contribution is 2.46. The van der Waals surface area contributed by atoms with Gasteiger partial charge in [0.05, 0.1) is 0 Å². The Bertz CT molecular complexity index is 979. The van der Waals surface area contributed by atoms with Crippen molar-refractivity contribution in [3.05, 3.63) is 54.6 Å². The summed E-state index contributed by atoms with van der Waals surface area (Å²) in [5.41, 5.74) is 1.17. The molecule has 1 saturated heterocycles. The summed E-state index contributed by atoms with van der Waals surface area (Å²) in [4.78, 5) is 31.4. The molecule has 0 atom stereocenters. The zero-order chi connectivity index (χ0) is 19.7. The Morgan fingerprint density at radius 2 is 1.86 bits per heavy atom. The van der Waals surface area contributed by atoms with Crippen LogP contribution in [0, 0.1) is 5.92 Å². The maximum absolute atomic E-state index is 12.8. The zero-order valence-electron chi connectivity index (χ0n) is 16.1. The molecule has 1 saturated carbocycles. The Labute approximate surface area is 168 Å². The van der Waals surface area contributed by atoms with Gasteiger partial charge in [-0.2, -0.15) is 4.98 Å². The Balaban J connectivity index is 1.36. The Hall–Kier alpha value is -3.16. The van der Waals surface area contributed by atoms with Gasteiger partial charge in [0.2, 0.25) is 0 Å². The average molecular weight is 390 g/mol. The molecule has 2 fully saturated rings. The number of hydrogen-bond acceptors (Lipinski definition) is 7. The van der Waals surface area contributed by atoms with E-state index < -0.39 is 0 Å². The fourth-order valence-electron chi connectivity index (χ4n) is 4.16. The lowest BCUT2D eigenvalue weighted by Crippen LogP contribution is -2.46. The van der Waals surface area contributed by atoms with Crippen LogP contribution in [-0.2, 0) is 5.41 Å². The van der Waals surface area contributed by atoms with E-state index in [-0.39, 0.29) is 11.3 Å². The van der Waals surface area contributed by atoms with Crippen molar-refractivity contribution < 1.29 is 9.32 Å². The van der Waals surface area contributed by atoms with E-state index in [9.17, 15) is 4.79 Å². The van der Waals surface area contributed by atoms with Gasteiger partial charge in [0, 0.05) is 42.7 Å². The van der Waals surface area contributed by atoms with E-state index in [1.165, 1.54) is 19.2 Å². The first-order valence-corrected chi connectivity index (χ1v) is 10.0. The predicted octanol–water partition coefficient (Wildman–Crippen LogP) is 2.90. The van der Waals surface area contributed by atoms with Crippen molar-refractivity contribution in [1.82, 2.24) is 30.0 Å². The third kappa shape index (κ3) is 3.62. The minimum atomic E-state index is -0.140. The van der Waals surface area contributed by atoms with Crippen LogP contribution in [0.15, 0.2) is 47.6 Å². The topological polar surface area (TPSA) is 97.9 Å². The van der Waals surface area contributed by atoms with Crippen molar-refractivity contribution in [2.75, 3.05) is 13.1 Å². The average Bonchev–Trinajstić information content (AvgIpc) is 3.45. The molecule has 0 unspecified atom stereocenters. The third-order valence-electron chi connectivity index (χ3n) is 6.01. The number of nitrogens with zero attached hydrogens (tertiary/aromatic N) is 6. The third-order valence-corrected chi connectivity index (χ3v) is 6.01. The van der Waals surface area contributed by atoms with E-state index in [0.29, 0.717) is 24.7 Å². The highest BCUT2D eigenvalue weighted by atomic mass is 16.5. The van der Waals surface area contributed by atoms with Gasteiger partial charge in [-0.1, -0.05) is 18.0 Å². The lowest BCUT2D eigenvalue weighted by Gasteiger charge is -2.40. The summed E-state index contributed by atoms with van der Waals surface area (Å²) in [5, 5.41) is 4.37. The van der Waals surface area contributed by atoms with Crippen molar-refractivity contribution in [3.8, 4) is 11.5 Å². The summed E-state index contributed by atoms with van der Waals surface area (Å²) in [6.45, 7) is 1.32. The van der Waals surface area contributed by atoms with Crippen molar-refractivity contribution in [3.63, 3.8) is 0 Å². The van der Waals surface area contributed by atoms with Crippen molar-refractivity contribution in [1.29, 1.82) is 0 Å². The summed E-state index contributed by atoms with van der Waals surface area (Å²) in [7, 11) is 0. The minimum Gasteiger partial charge on any atom is -0.337 e. The maximum Gasteiger partial charge on any atom is 0.272 e. The highest BCUT2D eigenvalue weighted by Gasteiger charge is 2.45. The van der Waals surface area contributed by atoms with Gasteiger partial charge in [-0.3, -0.25) is 9.78 Å². The second kappa shape index (κ2) is 7.35. The largest absolute Gasteiger partial charge is 0.337 e. The molecule has 1 amide bonds. The number of rotatable bonds is 5. The summed E-state index contributed by atoms with van der Waals surface area (Å²) in [6, 6.07) is 5.40. The first-order chi connectivity index (χ1) is 14.2. The van der Waals surface area contributed by atoms with Crippen LogP contribution in [0.1, 0.15) is 48.4 Å². The van der Waals surface area contributed by atoms with Crippen LogP contribution in [0.3, 0.4) is 0 Å². The summed E-state index contributed by atoms with van der Waals surface area (Å²) >= 11 is 0. The molecule has 8 heteroatoms. The number of aromatic nitrogens is 5. The molecule has 0 spiro atoms. The van der Waals surface area contributed by atoms with Crippen LogP contribution in [0.2, 0.25) is 0 Å². The van der Waals surface area contributed by atoms with E-state index in [1.807, 2.05) is 17.0 Å². The molecule has 0 bridgehead atoms. The molecule has 148 valence electrons. The van der Waals surface area contributed by atoms with Gasteiger partial charge < -0.3 is 9.42 Å². The molecule has 0 aromatic carbocycles. The van der Waals surface area contributed by atoms with Gasteiger partial charge in [0.15, 0.2) is 5.82 Å². The van der Waals surface area contributed by atoms with Crippen LogP contribution in [0.4, 0.5) is 0 Å². The second-order valence-electron chi connectivity index (χ2n) is 7.97. The number of carbonyl (C=O) groups excluding carboxylic acids is 1. The number of hydrogen-bond donors (Lipinski definition) is 0. The maximum atomic E-state index is 12.8. The number of likely N-dealkylation sites (tertiary alicyclic amines) is 1. The van der Waals surface area contributed by atoms with E-state index in [1.54, 1.807) is 24.7 Å². The number of pyridine rings is 1. The molecule has 3 aromatic rings. The summed E-state index contributed by atoms with van der Waals surface area (Å²) in [5.74, 6) is 1.97. The summed E-state index contributed by atoms with van der Waals surface area (Å²) in [6.07, 6.45) is 11.7. The quantitative estimate of drug-likeness (QED) is 0.660. The van der Waals surface area contributed by atoms with E-state index in [4.69, 9.17) is 9.51 Å². The molecule has 1 aliphatic carbocycles. The van der Waals surface area contributed by atoms with Gasteiger partial charge in [-0.15, -0.1) is 0 Å². The smallest absolute Gasteiger partial charge is 0.272 e. The van der Waals surface area contributed by atoms with Crippen molar-refractivity contribution in [2.45, 2.75) is 37.5 Å². The number of amides is 1. The fourth-order valence-corrected chi connectivity index (χ4v) is 4.16. The molecule has 0 radical (unpaired) electrons. The normalized spacial score (nSPS) is 18.6. The van der Waals surface area contributed by atoms with Crippen molar-refractivity contribution in [2.24, 2.45) is 5.92 Å². The molecule has 1 aliphatic heterocycles. The zero-order valence-corrected chi connectivity index (χ0v) is 16.1. The lowest BCUT2D eigenvalue weighted by atomic mass is 9.73. The Morgan fingerprint density at radius 1 is 1.10 bits per heavy atom. The van der Waals surface area contributed by atoms with Crippen LogP contribution >= 0.6 is 0 Å². The van der Waals surface area contributed by atoms with E-state index >= 15 is 0 Å². The lowest BCUT2D eigenvalue weighted by molar-refractivity contribution is 0.0639. The van der Waals surface area contributed by atoms with Gasteiger partial charge in [0.25, 0.3) is 11.8 Å². The standard InChI is InChI=1S/C21H22N6O2/c28-19(17-5-10-23-14-24-17)27-11-6-21(7-12-27,13-15-1-2-15)20-25-18(29-26-20)16-3-8-22-9-4-16/h3-5,8-10,14-15H,1-2,6-7,11-13H2. The SMILES string of the molecule is O=C(c1ccncn1)N1CCC(CC2CC2)(c2noc(-c3ccncc3)n2)CC1. The van der Waals surface area contributed by atoms with Crippen LogP contribution < -0.4 is 0 Å². The van der Waals surface area contributed by atoms with Gasteiger partial charge in [-0.05, 0) is 43.4 Å². The van der Waals surface area contributed by atoms with Crippen LogP contribution in [-0.4, -0.2) is 49.0 Å². The molecule has 0 N–H and O–H groups in total.